The first-order chi connectivity index (χ1) is 14.6. The monoisotopic (exact) mass is 417 g/mol. The Balaban J connectivity index is 1.33. The van der Waals surface area contributed by atoms with E-state index in [1.807, 2.05) is 21.5 Å². The maximum Gasteiger partial charge on any atom is 0.322 e. The quantitative estimate of drug-likeness (QED) is 0.515. The van der Waals surface area contributed by atoms with Gasteiger partial charge in [-0.1, -0.05) is 60.2 Å². The van der Waals surface area contributed by atoms with Crippen molar-refractivity contribution in [2.24, 2.45) is 0 Å². The second kappa shape index (κ2) is 7.57. The van der Waals surface area contributed by atoms with Crippen LogP contribution in [0.1, 0.15) is 28.6 Å². The lowest BCUT2D eigenvalue weighted by atomic mass is 10.1. The van der Waals surface area contributed by atoms with Crippen molar-refractivity contribution >= 4 is 28.0 Å². The second-order valence-electron chi connectivity index (χ2n) is 7.62. The third-order valence-corrected chi connectivity index (χ3v) is 6.59. The predicted molar refractivity (Wildman–Crippen MR) is 120 cm³/mol. The lowest BCUT2D eigenvalue weighted by molar-refractivity contribution is 0.206. The Bertz CT molecular complexity index is 1210. The van der Waals surface area contributed by atoms with Crippen molar-refractivity contribution in [1.29, 1.82) is 0 Å². The van der Waals surface area contributed by atoms with Gasteiger partial charge >= 0.3 is 6.03 Å². The van der Waals surface area contributed by atoms with Crippen LogP contribution in [-0.2, 0) is 19.4 Å². The largest absolute Gasteiger partial charge is 0.322 e. The number of fused-ring (bicyclic) bond motifs is 3. The molecular weight excluding hydrogens is 394 g/mol. The molecule has 0 saturated carbocycles. The Labute approximate surface area is 179 Å². The third kappa shape index (κ3) is 3.45. The molecule has 1 aliphatic heterocycles. The first-order valence-electron chi connectivity index (χ1n) is 10.2. The zero-order chi connectivity index (χ0) is 20.7. The van der Waals surface area contributed by atoms with Crippen molar-refractivity contribution < 1.29 is 4.79 Å². The summed E-state index contributed by atoms with van der Waals surface area (Å²) in [6.07, 6.45) is 1.76. The van der Waals surface area contributed by atoms with Crippen LogP contribution in [0.25, 0.3) is 16.3 Å². The van der Waals surface area contributed by atoms with E-state index >= 15 is 0 Å². The summed E-state index contributed by atoms with van der Waals surface area (Å²) in [5, 5.41) is 7.75. The number of thiazole rings is 1. The van der Waals surface area contributed by atoms with Crippen LogP contribution in [0.3, 0.4) is 0 Å². The van der Waals surface area contributed by atoms with Gasteiger partial charge in [0.15, 0.2) is 5.82 Å². The van der Waals surface area contributed by atoms with Gasteiger partial charge in [0.05, 0.1) is 12.2 Å². The molecule has 0 bridgehead atoms. The average molecular weight is 418 g/mol. The van der Waals surface area contributed by atoms with Crippen molar-refractivity contribution in [3.8, 4) is 11.4 Å². The lowest BCUT2D eigenvalue weighted by Crippen LogP contribution is -2.38. The zero-order valence-corrected chi connectivity index (χ0v) is 17.9. The fourth-order valence-corrected chi connectivity index (χ4v) is 4.83. The van der Waals surface area contributed by atoms with Gasteiger partial charge in [-0.25, -0.2) is 9.31 Å². The zero-order valence-electron chi connectivity index (χ0n) is 17.1. The molecule has 2 aromatic carbocycles. The minimum Gasteiger partial charge on any atom is -0.319 e. The first-order valence-corrected chi connectivity index (χ1v) is 11.0. The number of aryl methyl sites for hydroxylation is 2. The van der Waals surface area contributed by atoms with Crippen molar-refractivity contribution in [1.82, 2.24) is 19.5 Å². The number of benzene rings is 2. The molecule has 4 aromatic rings. The molecule has 6 nitrogen and oxygen atoms in total. The number of aromatic nitrogens is 3. The summed E-state index contributed by atoms with van der Waals surface area (Å²) in [5.41, 5.74) is 5.49. The van der Waals surface area contributed by atoms with Gasteiger partial charge in [0.2, 0.25) is 4.96 Å². The van der Waals surface area contributed by atoms with E-state index in [0.29, 0.717) is 13.1 Å². The van der Waals surface area contributed by atoms with E-state index in [9.17, 15) is 4.79 Å². The summed E-state index contributed by atoms with van der Waals surface area (Å²) >= 11 is 1.62. The topological polar surface area (TPSA) is 62.5 Å². The molecule has 152 valence electrons. The normalized spacial score (nSPS) is 13.5. The summed E-state index contributed by atoms with van der Waals surface area (Å²) < 4.78 is 1.95. The molecule has 30 heavy (non-hydrogen) atoms. The predicted octanol–water partition coefficient (Wildman–Crippen LogP) is 4.92. The van der Waals surface area contributed by atoms with Gasteiger partial charge < -0.3 is 10.2 Å². The van der Waals surface area contributed by atoms with Gasteiger partial charge in [0.1, 0.15) is 0 Å². The summed E-state index contributed by atoms with van der Waals surface area (Å²) in [7, 11) is 0. The molecule has 0 saturated heterocycles. The number of rotatable bonds is 3. The number of nitrogens with zero attached hydrogens (tertiary/aromatic N) is 4. The molecule has 0 spiro atoms. The smallest absolute Gasteiger partial charge is 0.319 e. The van der Waals surface area contributed by atoms with E-state index in [1.165, 1.54) is 11.1 Å². The summed E-state index contributed by atoms with van der Waals surface area (Å²) in [6, 6.07) is 16.2. The Hall–Kier alpha value is -3.19. The number of amides is 2. The molecule has 7 heteroatoms. The molecule has 2 amide bonds. The fraction of sp³-hybridized carbons (Fsp3) is 0.261. The van der Waals surface area contributed by atoms with E-state index in [-0.39, 0.29) is 6.03 Å². The first kappa shape index (κ1) is 18.8. The van der Waals surface area contributed by atoms with E-state index in [2.05, 4.69) is 55.6 Å². The van der Waals surface area contributed by atoms with Crippen molar-refractivity contribution in [3.63, 3.8) is 0 Å². The molecule has 0 aliphatic carbocycles. The number of hydrogen-bond acceptors (Lipinski definition) is 4. The van der Waals surface area contributed by atoms with Crippen LogP contribution >= 0.6 is 11.3 Å². The highest BCUT2D eigenvalue weighted by Gasteiger charge is 2.26. The van der Waals surface area contributed by atoms with Crippen LogP contribution in [0, 0.1) is 6.92 Å². The number of nitrogens with one attached hydrogen (secondary N) is 1. The highest BCUT2D eigenvalue weighted by molar-refractivity contribution is 7.17. The van der Waals surface area contributed by atoms with Gasteiger partial charge in [-0.05, 0) is 31.0 Å². The molecule has 0 atom stereocenters. The van der Waals surface area contributed by atoms with Crippen LogP contribution in [-0.4, -0.2) is 32.1 Å². The van der Waals surface area contributed by atoms with E-state index in [0.717, 1.165) is 45.4 Å². The van der Waals surface area contributed by atoms with E-state index < -0.39 is 0 Å². The molecule has 3 heterocycles. The molecule has 0 fully saturated rings. The highest BCUT2D eigenvalue weighted by atomic mass is 32.1. The number of carbonyl (C=O) groups is 1. The van der Waals surface area contributed by atoms with Crippen molar-refractivity contribution in [3.05, 3.63) is 70.2 Å². The van der Waals surface area contributed by atoms with Gasteiger partial charge in [0.25, 0.3) is 0 Å². The van der Waals surface area contributed by atoms with Crippen LogP contribution in [0.15, 0.2) is 48.5 Å². The third-order valence-electron chi connectivity index (χ3n) is 5.53. The fourth-order valence-electron chi connectivity index (χ4n) is 3.71. The van der Waals surface area contributed by atoms with Crippen molar-refractivity contribution in [2.45, 2.75) is 33.2 Å². The second-order valence-corrected chi connectivity index (χ2v) is 8.68. The SMILES string of the molecule is CCc1ccc(NC(=O)N2CCc3c(sc4nc(-c5ccc(C)cc5)nn34)C2)cc1. The van der Waals surface area contributed by atoms with Crippen LogP contribution in [0.4, 0.5) is 10.5 Å². The van der Waals surface area contributed by atoms with E-state index in [1.54, 1.807) is 11.3 Å². The minimum absolute atomic E-state index is 0.0655. The molecule has 5 rings (SSSR count). The van der Waals surface area contributed by atoms with Gasteiger partial charge in [-0.3, -0.25) is 0 Å². The maximum absolute atomic E-state index is 12.7. The summed E-state index contributed by atoms with van der Waals surface area (Å²) in [4.78, 5) is 21.3. The standard InChI is InChI=1S/C23H23N5OS/c1-3-16-6-10-18(11-7-16)24-22(29)27-13-12-19-20(14-27)30-23-25-21(26-28(19)23)17-8-4-15(2)5-9-17/h4-11H,3,12-14H2,1-2H3,(H,24,29). The molecule has 2 aromatic heterocycles. The van der Waals surface area contributed by atoms with Crippen LogP contribution in [0.2, 0.25) is 0 Å². The average Bonchev–Trinajstić information content (AvgIpc) is 3.32. The Morgan fingerprint density at radius 3 is 2.63 bits per heavy atom. The Morgan fingerprint density at radius 1 is 1.13 bits per heavy atom. The van der Waals surface area contributed by atoms with Gasteiger partial charge in [-0.2, -0.15) is 4.98 Å². The summed E-state index contributed by atoms with van der Waals surface area (Å²) in [5.74, 6) is 0.750. The van der Waals surface area contributed by atoms with Crippen molar-refractivity contribution in [2.75, 3.05) is 11.9 Å². The summed E-state index contributed by atoms with van der Waals surface area (Å²) in [6.45, 7) is 5.44. The van der Waals surface area contributed by atoms with Gasteiger partial charge in [0, 0.05) is 29.1 Å². The van der Waals surface area contributed by atoms with Gasteiger partial charge in [-0.15, -0.1) is 5.10 Å². The van der Waals surface area contributed by atoms with Crippen LogP contribution in [0.5, 0.6) is 0 Å². The number of urea groups is 1. The molecule has 1 N–H and O–H groups in total. The molecule has 0 unspecified atom stereocenters. The van der Waals surface area contributed by atoms with E-state index in [4.69, 9.17) is 10.1 Å². The number of anilines is 1. The number of hydrogen-bond donors (Lipinski definition) is 1. The molecular formula is C23H23N5OS. The van der Waals surface area contributed by atoms with Crippen LogP contribution < -0.4 is 5.32 Å². The Kier molecular flexibility index (Phi) is 4.75. The maximum atomic E-state index is 12.7. The Morgan fingerprint density at radius 2 is 1.90 bits per heavy atom. The molecule has 0 radical (unpaired) electrons. The lowest BCUT2D eigenvalue weighted by Gasteiger charge is -2.26. The highest BCUT2D eigenvalue weighted by Crippen LogP contribution is 2.30. The number of carbonyl (C=O) groups excluding carboxylic acids is 1. The minimum atomic E-state index is -0.0655. The molecule has 1 aliphatic rings.